The molecule has 125 heavy (non-hydrogen) atoms. The third-order valence-corrected chi connectivity index (χ3v) is 21.3. The van der Waals surface area contributed by atoms with Crippen LogP contribution in [0.1, 0.15) is 216 Å². The molecule has 0 spiro atoms. The maximum atomic E-state index is 13.1. The highest BCUT2D eigenvalue weighted by Gasteiger charge is 2.48. The van der Waals surface area contributed by atoms with Crippen molar-refractivity contribution in [1.29, 1.82) is 0 Å². The zero-order chi connectivity index (χ0) is 91.9. The highest BCUT2D eigenvalue weighted by molar-refractivity contribution is 5.80. The third kappa shape index (κ3) is 47.1. The largest absolute Gasteiger partial charge is 0.394 e. The maximum absolute atomic E-state index is 13.1. The summed E-state index contributed by atoms with van der Waals surface area (Å²) in [5, 5.41) is 134. The lowest BCUT2D eigenvalue weighted by atomic mass is 9.94. The zero-order valence-electron chi connectivity index (χ0n) is 73.8. The van der Waals surface area contributed by atoms with Crippen LogP contribution in [0.25, 0.3) is 0 Å². The first kappa shape index (κ1) is 115. The van der Waals surface area contributed by atoms with Crippen LogP contribution in [0.4, 0.5) is 0 Å². The van der Waals surface area contributed by atoms with E-state index < -0.39 is 153 Å². The predicted molar refractivity (Wildman–Crippen MR) is 452 cm³/mol. The molecule has 4 saturated heterocycles. The molecule has 41 heteroatoms. The molecule has 0 radical (unpaired) electrons. The summed E-state index contributed by atoms with van der Waals surface area (Å²) in [4.78, 5) is 136. The van der Waals surface area contributed by atoms with Crippen molar-refractivity contribution in [3.05, 3.63) is 0 Å². The number of Topliss-reactive ketones (excluding diaryl/α,β-unsaturated/α-hetero) is 1. The van der Waals surface area contributed by atoms with Crippen LogP contribution in [0.5, 0.6) is 0 Å². The molecule has 4 aliphatic heterocycles. The topological polar surface area (TPSA) is 605 Å². The molecule has 41 nitrogen and oxygen atoms in total. The summed E-state index contributed by atoms with van der Waals surface area (Å²) in [6, 6.07) is -3.42. The van der Waals surface area contributed by atoms with Crippen LogP contribution in [0, 0.1) is 17.3 Å². The number of ketones is 1. The minimum absolute atomic E-state index is 0. The number of nitrogens with zero attached hydrogens (tertiary/aromatic N) is 1. The number of carbonyl (C=O) groups excluding carboxylic acids is 11. The number of aliphatic hydroxyl groups is 11. The van der Waals surface area contributed by atoms with Crippen molar-refractivity contribution in [2.24, 2.45) is 17.3 Å². The van der Waals surface area contributed by atoms with Crippen molar-refractivity contribution in [3.63, 3.8) is 0 Å². The molecule has 20 N–H and O–H groups in total. The molecule has 0 aromatic carbocycles. The molecule has 17 unspecified atom stereocenters. The number of aliphatic hydroxyl groups excluding tert-OH is 11. The molecule has 4 heterocycles. The monoisotopic (exact) mass is 1800 g/mol. The zero-order valence-corrected chi connectivity index (χ0v) is 73.8. The molecule has 0 aliphatic carbocycles. The molecule has 4 rings (SSSR count). The SMILES string of the molecule is C.CC(=O)NC1C(OCCCCC(=O)NCCCNC(=O)CCOCC(C)(COCC(C)C(=O)NCCCNC(=O)CCCCOC2OC(CO)C(O)C(O)C2NC(C)=O)COCC(C)C(=O)NCCCNC(=O)CCCCOC2OC(CO)C(O)C(O)C2NC(C)=O)OC(CO)C(O)C1O.CCC(=O)CCCCCCCCCCC(=O)N1C[C@H](O)C[C@H]1CO. The van der Waals surface area contributed by atoms with Gasteiger partial charge in [-0.05, 0) is 77.0 Å². The summed E-state index contributed by atoms with van der Waals surface area (Å²) in [6.07, 6.45) is -0.199. The van der Waals surface area contributed by atoms with E-state index in [4.69, 9.17) is 42.6 Å². The minimum Gasteiger partial charge on any atom is -0.394 e. The van der Waals surface area contributed by atoms with Crippen LogP contribution < -0.4 is 47.9 Å². The smallest absolute Gasteiger partial charge is 0.225 e. The lowest BCUT2D eigenvalue weighted by Gasteiger charge is -2.42. The Hall–Kier alpha value is -6.43. The summed E-state index contributed by atoms with van der Waals surface area (Å²) in [6.45, 7) is 11.7. The first-order valence-corrected chi connectivity index (χ1v) is 44.2. The van der Waals surface area contributed by atoms with Gasteiger partial charge < -0.3 is 152 Å². The Kier molecular flexibility index (Phi) is 60.5. The molecule has 0 aromatic rings. The van der Waals surface area contributed by atoms with Gasteiger partial charge in [0.2, 0.25) is 59.1 Å². The average Bonchev–Trinajstić information content (AvgIpc) is 1.09. The van der Waals surface area contributed by atoms with E-state index in [1.807, 2.05) is 13.8 Å². The molecule has 0 aromatic heterocycles. The van der Waals surface area contributed by atoms with Crippen LogP contribution >= 0.6 is 0 Å². The summed E-state index contributed by atoms with van der Waals surface area (Å²) >= 11 is 0. The Morgan fingerprint density at radius 1 is 0.400 bits per heavy atom. The van der Waals surface area contributed by atoms with Gasteiger partial charge in [-0.15, -0.1) is 0 Å². The van der Waals surface area contributed by atoms with Gasteiger partial charge >= 0.3 is 0 Å². The van der Waals surface area contributed by atoms with E-state index in [-0.39, 0.29) is 166 Å². The second-order valence-electron chi connectivity index (χ2n) is 32.8. The van der Waals surface area contributed by atoms with Gasteiger partial charge in [-0.3, -0.25) is 52.7 Å². The van der Waals surface area contributed by atoms with Gasteiger partial charge in [-0.2, -0.15) is 0 Å². The second-order valence-corrected chi connectivity index (χ2v) is 32.8. The molecular weight excluding hydrogens is 1640 g/mol. The number of hydrogen-bond acceptors (Lipinski definition) is 31. The third-order valence-electron chi connectivity index (χ3n) is 21.3. The number of unbranched alkanes of at least 4 members (excludes halogenated alkanes) is 10. The van der Waals surface area contributed by atoms with Gasteiger partial charge in [-0.1, -0.05) is 73.6 Å². The molecule has 726 valence electrons. The summed E-state index contributed by atoms with van der Waals surface area (Å²) in [7, 11) is 0. The van der Waals surface area contributed by atoms with Crippen molar-refractivity contribution in [1.82, 2.24) is 52.8 Å². The van der Waals surface area contributed by atoms with Gasteiger partial charge in [0.05, 0.1) is 90.1 Å². The van der Waals surface area contributed by atoms with Crippen LogP contribution in [0.15, 0.2) is 0 Å². The van der Waals surface area contributed by atoms with Crippen molar-refractivity contribution in [3.8, 4) is 0 Å². The quantitative estimate of drug-likeness (QED) is 0.0278. The van der Waals surface area contributed by atoms with E-state index in [1.165, 1.54) is 40.0 Å². The fourth-order valence-corrected chi connectivity index (χ4v) is 14.0. The number of ether oxygens (including phenoxy) is 9. The highest BCUT2D eigenvalue weighted by atomic mass is 16.7. The fraction of sp³-hybridized carbons (Fsp3) is 0.869. The van der Waals surface area contributed by atoms with Gasteiger partial charge in [0.15, 0.2) is 18.9 Å². The number of amides is 10. The van der Waals surface area contributed by atoms with Crippen LogP contribution in [0.2, 0.25) is 0 Å². The van der Waals surface area contributed by atoms with E-state index in [0.29, 0.717) is 109 Å². The summed E-state index contributed by atoms with van der Waals surface area (Å²) in [5.74, 6) is -3.69. The Balaban J connectivity index is 0.00000181. The van der Waals surface area contributed by atoms with Crippen molar-refractivity contribution in [2.75, 3.05) is 132 Å². The fourth-order valence-electron chi connectivity index (χ4n) is 14.0. The van der Waals surface area contributed by atoms with Gasteiger partial charge in [0.25, 0.3) is 0 Å². The van der Waals surface area contributed by atoms with E-state index >= 15 is 0 Å². The maximum Gasteiger partial charge on any atom is 0.225 e. The van der Waals surface area contributed by atoms with Gasteiger partial charge in [0.1, 0.15) is 78.8 Å². The number of hydrogen-bond donors (Lipinski definition) is 20. The van der Waals surface area contributed by atoms with Gasteiger partial charge in [-0.25, -0.2) is 0 Å². The molecule has 10 amide bonds. The Morgan fingerprint density at radius 2 is 0.720 bits per heavy atom. The Morgan fingerprint density at radius 3 is 1.06 bits per heavy atom. The molecule has 4 fully saturated rings. The standard InChI is InChI=1S/C64H115N9O27.C19H35NO4.CH4/c1-38(59(90)69-24-14-22-66-47(81)17-8-11-27-96-62-51(72-41(4)78)57(88)54(85)44(31-75)99-62)33-93-36-64(6,35-92-29-19-49(83)68-21-13-20-65-46(80)16-7-10-26-95-61-50(71-40(3)77)56(87)53(84)43(30-74)98-61)37-94-34-39(2)60(91)70-25-15-23-67-48(82)18-9-12-28-97-63-52(73-42(5)79)58(89)55(86)45(32-76)100-63;1-2-17(22)11-9-7-5-3-4-6-8-10-12-19(24)20-14-18(23)13-16(20)15-21;/h38-39,43-45,50-58,61-63,74-76,84-89H,7-37H2,1-6H3,(H,65,80)(H,66,81)(H,67,82)(H,68,83)(H,69,90)(H,70,91)(H,71,77)(H,72,78)(H,73,79);16,18,21,23H,2-15H2,1H3;1H4/t;16-,18+;/m.0./s1. The number of likely N-dealkylation sites (tertiary alicyclic amines) is 1. The lowest BCUT2D eigenvalue weighted by molar-refractivity contribution is -0.270. The number of β-amino-alcohol motifs (C(OH)–C–C–N with tert-alkyl or cyclic N) is 1. The summed E-state index contributed by atoms with van der Waals surface area (Å²) in [5.41, 5.74) is -0.819. The average molecular weight is 1800 g/mol. The van der Waals surface area contributed by atoms with Gasteiger partial charge in [0, 0.05) is 137 Å². The molecular formula is C84H154N10O31. The molecule has 19 atom stereocenters. The second kappa shape index (κ2) is 66.0. The first-order chi connectivity index (χ1) is 59.2. The summed E-state index contributed by atoms with van der Waals surface area (Å²) < 4.78 is 51.8. The molecule has 4 aliphatic rings. The van der Waals surface area contributed by atoms with Crippen LogP contribution in [-0.4, -0.2) is 362 Å². The van der Waals surface area contributed by atoms with Crippen LogP contribution in [0.3, 0.4) is 0 Å². The van der Waals surface area contributed by atoms with E-state index in [1.54, 1.807) is 18.7 Å². The van der Waals surface area contributed by atoms with Crippen molar-refractivity contribution in [2.45, 2.75) is 320 Å². The Labute approximate surface area is 735 Å². The molecule has 0 bridgehead atoms. The highest BCUT2D eigenvalue weighted by Crippen LogP contribution is 2.28. The van der Waals surface area contributed by atoms with E-state index in [2.05, 4.69) is 47.9 Å². The van der Waals surface area contributed by atoms with Crippen molar-refractivity contribution >= 4 is 64.9 Å². The normalized spacial score (nSPS) is 25.0. The Bertz CT molecular complexity index is 2960. The number of nitrogens with one attached hydrogen (secondary N) is 9. The lowest BCUT2D eigenvalue weighted by Crippen LogP contribution is -2.64. The molecule has 0 saturated carbocycles. The van der Waals surface area contributed by atoms with Crippen molar-refractivity contribution < 1.29 is 152 Å². The minimum atomic E-state index is -1.44. The van der Waals surface area contributed by atoms with Crippen LogP contribution in [-0.2, 0) is 95.4 Å². The predicted octanol–water partition coefficient (Wildman–Crippen LogP) is -2.58. The van der Waals surface area contributed by atoms with E-state index in [9.17, 15) is 109 Å². The number of rotatable bonds is 64. The number of carbonyl (C=O) groups is 11. The first-order valence-electron chi connectivity index (χ1n) is 44.2. The van der Waals surface area contributed by atoms with E-state index in [0.717, 1.165) is 38.5 Å².